The normalized spacial score (nSPS) is 12.1. The number of hydrogen-bond acceptors (Lipinski definition) is 2. The molecule has 3 heteroatoms. The summed E-state index contributed by atoms with van der Waals surface area (Å²) in [7, 11) is 0. The Balaban J connectivity index is 1.91. The molecule has 4 aromatic rings. The van der Waals surface area contributed by atoms with Gasteiger partial charge in [-0.25, -0.2) is 0 Å². The van der Waals surface area contributed by atoms with Gasteiger partial charge in [-0.2, -0.15) is 0 Å². The van der Waals surface area contributed by atoms with E-state index in [2.05, 4.69) is 52.6 Å². The molecular formula is C20H19GeNO. The van der Waals surface area contributed by atoms with Gasteiger partial charge in [0.25, 0.3) is 0 Å². The van der Waals surface area contributed by atoms with Gasteiger partial charge in [-0.1, -0.05) is 0 Å². The molecule has 4 rings (SSSR count). The summed E-state index contributed by atoms with van der Waals surface area (Å²) in [5.41, 5.74) is 3.95. The van der Waals surface area contributed by atoms with E-state index in [4.69, 9.17) is 4.42 Å². The van der Waals surface area contributed by atoms with Crippen LogP contribution in [0.25, 0.3) is 33.2 Å². The van der Waals surface area contributed by atoms with E-state index in [-0.39, 0.29) is 0 Å². The van der Waals surface area contributed by atoms with E-state index in [0.717, 1.165) is 33.2 Å². The summed E-state index contributed by atoms with van der Waals surface area (Å²) in [4.78, 5) is 4.62. The molecule has 0 amide bonds. The van der Waals surface area contributed by atoms with E-state index in [1.807, 2.05) is 30.5 Å². The van der Waals surface area contributed by atoms with Crippen LogP contribution in [-0.2, 0) is 0 Å². The third-order valence-corrected chi connectivity index (χ3v) is 8.58. The van der Waals surface area contributed by atoms with Crippen molar-refractivity contribution in [1.29, 1.82) is 0 Å². The molecular weight excluding hydrogens is 343 g/mol. The van der Waals surface area contributed by atoms with Crippen LogP contribution in [-0.4, -0.2) is 18.3 Å². The molecule has 0 aliphatic heterocycles. The molecule has 2 nitrogen and oxygen atoms in total. The van der Waals surface area contributed by atoms with Crippen molar-refractivity contribution in [2.45, 2.75) is 17.3 Å². The number of rotatable bonds is 2. The Kier molecular flexibility index (Phi) is 3.31. The predicted octanol–water partition coefficient (Wildman–Crippen LogP) is 5.19. The van der Waals surface area contributed by atoms with E-state index in [9.17, 15) is 0 Å². The van der Waals surface area contributed by atoms with E-state index in [0.29, 0.717) is 0 Å². The van der Waals surface area contributed by atoms with Gasteiger partial charge < -0.3 is 0 Å². The second kappa shape index (κ2) is 5.24. The molecule has 0 saturated heterocycles. The molecule has 0 atom stereocenters. The van der Waals surface area contributed by atoms with Crippen molar-refractivity contribution >= 4 is 39.6 Å². The molecule has 0 N–H and O–H groups in total. The fraction of sp³-hybridized carbons (Fsp3) is 0.150. The molecule has 2 aromatic carbocycles. The van der Waals surface area contributed by atoms with Crippen LogP contribution in [0.5, 0.6) is 0 Å². The van der Waals surface area contributed by atoms with Gasteiger partial charge in [-0.05, 0) is 0 Å². The van der Waals surface area contributed by atoms with Gasteiger partial charge in [0, 0.05) is 0 Å². The van der Waals surface area contributed by atoms with E-state index in [1.165, 1.54) is 4.40 Å². The SMILES string of the molecule is [CH3][Ge]([CH3])([CH3])[c]1ccc2c(c1)oc1cc(-c3ccccc3)ncc12. The van der Waals surface area contributed by atoms with E-state index >= 15 is 0 Å². The molecule has 114 valence electrons. The number of nitrogens with zero attached hydrogens (tertiary/aromatic N) is 1. The van der Waals surface area contributed by atoms with Crippen molar-refractivity contribution in [1.82, 2.24) is 4.98 Å². The van der Waals surface area contributed by atoms with E-state index in [1.54, 1.807) is 0 Å². The Morgan fingerprint density at radius 2 is 1.57 bits per heavy atom. The van der Waals surface area contributed by atoms with Crippen LogP contribution in [0.2, 0.25) is 17.3 Å². The number of aromatic nitrogens is 1. The van der Waals surface area contributed by atoms with Crippen LogP contribution in [0.15, 0.2) is 65.2 Å². The third kappa shape index (κ3) is 2.57. The Labute approximate surface area is 138 Å². The van der Waals surface area contributed by atoms with Gasteiger partial charge in [0.2, 0.25) is 0 Å². The van der Waals surface area contributed by atoms with Crippen LogP contribution in [0.3, 0.4) is 0 Å². The number of hydrogen-bond donors (Lipinski definition) is 0. The maximum absolute atomic E-state index is 6.14. The van der Waals surface area contributed by atoms with Crippen LogP contribution >= 0.6 is 0 Å². The van der Waals surface area contributed by atoms with Gasteiger partial charge in [0.1, 0.15) is 0 Å². The Bertz CT molecular complexity index is 997. The molecule has 0 radical (unpaired) electrons. The number of benzene rings is 2. The zero-order valence-corrected chi connectivity index (χ0v) is 15.7. The Morgan fingerprint density at radius 3 is 2.30 bits per heavy atom. The second-order valence-electron chi connectivity index (χ2n) is 6.99. The molecule has 2 aromatic heterocycles. The zero-order chi connectivity index (χ0) is 16.0. The predicted molar refractivity (Wildman–Crippen MR) is 99.9 cm³/mol. The topological polar surface area (TPSA) is 26.0 Å². The van der Waals surface area contributed by atoms with Crippen LogP contribution in [0.1, 0.15) is 0 Å². The summed E-state index contributed by atoms with van der Waals surface area (Å²) >= 11 is -1.85. The fourth-order valence-electron chi connectivity index (χ4n) is 2.90. The van der Waals surface area contributed by atoms with E-state index < -0.39 is 13.3 Å². The number of fused-ring (bicyclic) bond motifs is 3. The van der Waals surface area contributed by atoms with Crippen LogP contribution in [0, 0.1) is 0 Å². The zero-order valence-electron chi connectivity index (χ0n) is 13.6. The number of pyridine rings is 1. The Morgan fingerprint density at radius 1 is 0.826 bits per heavy atom. The van der Waals surface area contributed by atoms with Gasteiger partial charge in [0.05, 0.1) is 0 Å². The molecule has 0 fully saturated rings. The second-order valence-corrected chi connectivity index (χ2v) is 17.6. The van der Waals surface area contributed by atoms with Crippen molar-refractivity contribution in [3.8, 4) is 11.3 Å². The molecule has 0 aliphatic carbocycles. The van der Waals surface area contributed by atoms with Gasteiger partial charge >= 0.3 is 138 Å². The molecule has 0 saturated carbocycles. The van der Waals surface area contributed by atoms with Gasteiger partial charge in [0.15, 0.2) is 0 Å². The first kappa shape index (κ1) is 14.5. The van der Waals surface area contributed by atoms with Crippen molar-refractivity contribution < 1.29 is 4.42 Å². The van der Waals surface area contributed by atoms with Crippen molar-refractivity contribution in [3.05, 3.63) is 60.8 Å². The minimum atomic E-state index is -1.85. The first-order valence-corrected chi connectivity index (χ1v) is 15.2. The average Bonchev–Trinajstić information content (AvgIpc) is 2.91. The van der Waals surface area contributed by atoms with Crippen LogP contribution in [0.4, 0.5) is 0 Å². The first-order chi connectivity index (χ1) is 11.0. The monoisotopic (exact) mass is 363 g/mol. The summed E-state index contributed by atoms with van der Waals surface area (Å²) in [5.74, 6) is 7.21. The van der Waals surface area contributed by atoms with Gasteiger partial charge in [-0.15, -0.1) is 0 Å². The van der Waals surface area contributed by atoms with Gasteiger partial charge in [-0.3, -0.25) is 0 Å². The summed E-state index contributed by atoms with van der Waals surface area (Å²) in [6.07, 6.45) is 1.93. The average molecular weight is 362 g/mol. The molecule has 0 aliphatic rings. The molecule has 0 unspecified atom stereocenters. The molecule has 2 heterocycles. The maximum atomic E-state index is 6.14. The van der Waals surface area contributed by atoms with Crippen LogP contribution < -0.4 is 4.40 Å². The molecule has 23 heavy (non-hydrogen) atoms. The third-order valence-electron chi connectivity index (χ3n) is 4.29. The quantitative estimate of drug-likeness (QED) is 0.459. The summed E-state index contributed by atoms with van der Waals surface area (Å²) in [5, 5.41) is 2.25. The first-order valence-electron chi connectivity index (χ1n) is 7.90. The summed E-state index contributed by atoms with van der Waals surface area (Å²) < 4.78 is 7.61. The minimum absolute atomic E-state index is 0.910. The number of furan rings is 1. The fourth-order valence-corrected chi connectivity index (χ4v) is 5.31. The summed E-state index contributed by atoms with van der Waals surface area (Å²) in [6.45, 7) is 0. The van der Waals surface area contributed by atoms with Crippen molar-refractivity contribution in [2.75, 3.05) is 0 Å². The molecule has 0 spiro atoms. The molecule has 0 bridgehead atoms. The standard InChI is InChI=1S/C20H19GeNO/c1-21(2,3)15-9-10-16-17-13-22-18(14-7-5-4-6-8-14)12-20(17)23-19(16)11-15/h4-13H,1-3H3. The Hall–Kier alpha value is -2.07. The van der Waals surface area contributed by atoms with Crippen molar-refractivity contribution in [3.63, 3.8) is 0 Å². The summed E-state index contributed by atoms with van der Waals surface area (Å²) in [6, 6.07) is 19.0. The van der Waals surface area contributed by atoms with Crippen molar-refractivity contribution in [2.24, 2.45) is 0 Å².